The highest BCUT2D eigenvalue weighted by atomic mass is 127. The van der Waals surface area contributed by atoms with E-state index in [1.807, 2.05) is 30.3 Å². The van der Waals surface area contributed by atoms with Gasteiger partial charge in [0.05, 0.1) is 23.5 Å². The number of anilines is 1. The summed E-state index contributed by atoms with van der Waals surface area (Å²) in [7, 11) is 0. The highest BCUT2D eigenvalue weighted by molar-refractivity contribution is 14.1. The first-order valence-electron chi connectivity index (χ1n) is 11.3. The molecule has 0 saturated heterocycles. The van der Waals surface area contributed by atoms with E-state index in [4.69, 9.17) is 9.97 Å². The lowest BCUT2D eigenvalue weighted by atomic mass is 9.85. The predicted molar refractivity (Wildman–Crippen MR) is 132 cm³/mol. The fraction of sp³-hybridized carbons (Fsp3) is 0.346. The van der Waals surface area contributed by atoms with Crippen molar-refractivity contribution in [2.24, 2.45) is 0 Å². The Morgan fingerprint density at radius 2 is 1.81 bits per heavy atom. The van der Waals surface area contributed by atoms with Crippen LogP contribution in [0.4, 0.5) is 10.2 Å². The molecule has 2 aliphatic rings. The first-order valence-corrected chi connectivity index (χ1v) is 12.4. The summed E-state index contributed by atoms with van der Waals surface area (Å²) in [4.78, 5) is 22.9. The van der Waals surface area contributed by atoms with Crippen molar-refractivity contribution in [2.45, 2.75) is 57.3 Å². The van der Waals surface area contributed by atoms with Crippen LogP contribution >= 0.6 is 22.6 Å². The minimum Gasteiger partial charge on any atom is -0.309 e. The molecule has 1 N–H and O–H groups in total. The molecule has 6 heteroatoms. The molecule has 1 heterocycles. The second-order valence-corrected chi connectivity index (χ2v) is 9.99. The topological polar surface area (TPSA) is 54.9 Å². The quantitative estimate of drug-likeness (QED) is 0.400. The second kappa shape index (κ2) is 9.25. The van der Waals surface area contributed by atoms with Crippen molar-refractivity contribution in [2.75, 3.05) is 5.32 Å². The third kappa shape index (κ3) is 4.56. The number of hydrogen-bond acceptors (Lipinski definition) is 3. The van der Waals surface area contributed by atoms with Crippen molar-refractivity contribution in [1.82, 2.24) is 9.97 Å². The Morgan fingerprint density at radius 3 is 2.59 bits per heavy atom. The van der Waals surface area contributed by atoms with E-state index in [0.29, 0.717) is 24.6 Å². The van der Waals surface area contributed by atoms with Crippen LogP contribution in [0.25, 0.3) is 11.3 Å². The molecule has 1 fully saturated rings. The SMILES string of the molecule is O=C(Cc1ccc(I)cc1)Nc1nc2c(nc1C1CCCCC1)-c1ccc(F)cc1CC2. The van der Waals surface area contributed by atoms with Crippen molar-refractivity contribution >= 4 is 34.3 Å². The fourth-order valence-corrected chi connectivity index (χ4v) is 5.20. The number of nitrogens with one attached hydrogen (secondary N) is 1. The molecular formula is C26H25FIN3O. The smallest absolute Gasteiger partial charge is 0.229 e. The van der Waals surface area contributed by atoms with E-state index in [2.05, 4.69) is 27.9 Å². The van der Waals surface area contributed by atoms with Gasteiger partial charge in [0, 0.05) is 15.1 Å². The van der Waals surface area contributed by atoms with Gasteiger partial charge in [-0.3, -0.25) is 4.79 Å². The maximum absolute atomic E-state index is 13.8. The Balaban J connectivity index is 1.49. The van der Waals surface area contributed by atoms with Crippen molar-refractivity contribution in [1.29, 1.82) is 0 Å². The maximum Gasteiger partial charge on any atom is 0.229 e. The molecule has 0 aliphatic heterocycles. The van der Waals surface area contributed by atoms with E-state index in [1.54, 1.807) is 6.07 Å². The first kappa shape index (κ1) is 21.5. The molecule has 164 valence electrons. The lowest BCUT2D eigenvalue weighted by Crippen LogP contribution is -2.21. The zero-order valence-electron chi connectivity index (χ0n) is 17.8. The van der Waals surface area contributed by atoms with Gasteiger partial charge in [-0.05, 0) is 89.7 Å². The van der Waals surface area contributed by atoms with Gasteiger partial charge in [-0.2, -0.15) is 0 Å². The number of aromatic nitrogens is 2. The van der Waals surface area contributed by atoms with Crippen LogP contribution in [0.2, 0.25) is 0 Å². The van der Waals surface area contributed by atoms with E-state index >= 15 is 0 Å². The van der Waals surface area contributed by atoms with Crippen molar-refractivity contribution < 1.29 is 9.18 Å². The summed E-state index contributed by atoms with van der Waals surface area (Å²) in [5.74, 6) is 0.612. The van der Waals surface area contributed by atoms with Crippen LogP contribution in [0.1, 0.15) is 60.5 Å². The number of carbonyl (C=O) groups excluding carboxylic acids is 1. The highest BCUT2D eigenvalue weighted by Gasteiger charge is 2.27. The van der Waals surface area contributed by atoms with Crippen LogP contribution in [0.3, 0.4) is 0 Å². The summed E-state index contributed by atoms with van der Waals surface area (Å²) in [6, 6.07) is 12.9. The number of fused-ring (bicyclic) bond motifs is 3. The van der Waals surface area contributed by atoms with Crippen LogP contribution in [0.5, 0.6) is 0 Å². The number of nitrogens with zero attached hydrogens (tertiary/aromatic N) is 2. The molecule has 0 unspecified atom stereocenters. The third-order valence-electron chi connectivity index (χ3n) is 6.48. The Labute approximate surface area is 201 Å². The molecule has 3 aromatic rings. The zero-order valence-corrected chi connectivity index (χ0v) is 20.0. The number of carbonyl (C=O) groups is 1. The molecule has 4 nitrogen and oxygen atoms in total. The van der Waals surface area contributed by atoms with Crippen LogP contribution in [-0.4, -0.2) is 15.9 Å². The van der Waals surface area contributed by atoms with Crippen molar-refractivity contribution in [3.05, 3.63) is 74.4 Å². The van der Waals surface area contributed by atoms with Gasteiger partial charge >= 0.3 is 0 Å². The van der Waals surface area contributed by atoms with Crippen LogP contribution < -0.4 is 5.32 Å². The summed E-state index contributed by atoms with van der Waals surface area (Å²) < 4.78 is 14.9. The van der Waals surface area contributed by atoms with Gasteiger partial charge in [-0.15, -0.1) is 0 Å². The van der Waals surface area contributed by atoms with Crippen molar-refractivity contribution in [3.8, 4) is 11.3 Å². The van der Waals surface area contributed by atoms with Gasteiger partial charge in [0.2, 0.25) is 5.91 Å². The lowest BCUT2D eigenvalue weighted by Gasteiger charge is -2.26. The van der Waals surface area contributed by atoms with E-state index in [-0.39, 0.29) is 11.7 Å². The molecule has 2 aliphatic carbocycles. The summed E-state index contributed by atoms with van der Waals surface area (Å²) in [6.45, 7) is 0. The van der Waals surface area contributed by atoms with Gasteiger partial charge in [0.25, 0.3) is 0 Å². The summed E-state index contributed by atoms with van der Waals surface area (Å²) in [5.41, 5.74) is 5.54. The Morgan fingerprint density at radius 1 is 1.03 bits per heavy atom. The lowest BCUT2D eigenvalue weighted by molar-refractivity contribution is -0.115. The normalized spacial score (nSPS) is 15.7. The average Bonchev–Trinajstić information content (AvgIpc) is 2.80. The molecular weight excluding hydrogens is 516 g/mol. The number of rotatable bonds is 4. The number of benzene rings is 2. The second-order valence-electron chi connectivity index (χ2n) is 8.74. The minimum absolute atomic E-state index is 0.0733. The monoisotopic (exact) mass is 541 g/mol. The minimum atomic E-state index is -0.216. The molecule has 5 rings (SSSR count). The van der Waals surface area contributed by atoms with Crippen LogP contribution in [-0.2, 0) is 24.1 Å². The number of aryl methyl sites for hydroxylation is 2. The summed E-state index contributed by atoms with van der Waals surface area (Å²) in [5, 5.41) is 3.08. The average molecular weight is 541 g/mol. The highest BCUT2D eigenvalue weighted by Crippen LogP contribution is 2.39. The largest absolute Gasteiger partial charge is 0.309 e. The van der Waals surface area contributed by atoms with Gasteiger partial charge in [-0.1, -0.05) is 31.4 Å². The van der Waals surface area contributed by atoms with Gasteiger partial charge < -0.3 is 5.32 Å². The maximum atomic E-state index is 13.8. The molecule has 2 aromatic carbocycles. The standard InChI is InChI=1S/C26H25FIN3O/c27-19-9-12-21-18(15-19)8-13-22-25(21)31-24(17-4-2-1-3-5-17)26(29-22)30-23(32)14-16-6-10-20(28)11-7-16/h6-7,9-12,15,17H,1-5,8,13-14H2,(H,29,30,32). The molecule has 1 aromatic heterocycles. The predicted octanol–water partition coefficient (Wildman–Crippen LogP) is 6.21. The number of hydrogen-bond donors (Lipinski definition) is 1. The van der Waals surface area contributed by atoms with E-state index in [1.165, 1.54) is 25.3 Å². The Bertz CT molecular complexity index is 1160. The van der Waals surface area contributed by atoms with E-state index < -0.39 is 0 Å². The molecule has 32 heavy (non-hydrogen) atoms. The molecule has 0 radical (unpaired) electrons. The summed E-state index contributed by atoms with van der Waals surface area (Å²) in [6.07, 6.45) is 7.43. The molecule has 1 amide bonds. The molecule has 0 bridgehead atoms. The first-order chi connectivity index (χ1) is 15.6. The molecule has 0 atom stereocenters. The zero-order chi connectivity index (χ0) is 22.1. The van der Waals surface area contributed by atoms with Gasteiger partial charge in [-0.25, -0.2) is 14.4 Å². The molecule has 0 spiro atoms. The van der Waals surface area contributed by atoms with Gasteiger partial charge in [0.15, 0.2) is 5.82 Å². The summed E-state index contributed by atoms with van der Waals surface area (Å²) >= 11 is 2.26. The number of halogens is 2. The third-order valence-corrected chi connectivity index (χ3v) is 7.20. The van der Waals surface area contributed by atoms with Crippen molar-refractivity contribution in [3.63, 3.8) is 0 Å². The van der Waals surface area contributed by atoms with Crippen LogP contribution in [0, 0.1) is 9.39 Å². The fourth-order valence-electron chi connectivity index (χ4n) is 4.84. The Hall–Kier alpha value is -2.35. The van der Waals surface area contributed by atoms with E-state index in [0.717, 1.165) is 56.6 Å². The van der Waals surface area contributed by atoms with Crippen LogP contribution in [0.15, 0.2) is 42.5 Å². The van der Waals surface area contributed by atoms with Gasteiger partial charge in [0.1, 0.15) is 5.82 Å². The van der Waals surface area contributed by atoms with E-state index in [9.17, 15) is 9.18 Å². The molecule has 1 saturated carbocycles. The Kier molecular flexibility index (Phi) is 6.22. The number of amides is 1.